The number of rotatable bonds is 5. The lowest BCUT2D eigenvalue weighted by Gasteiger charge is -2.25. The second kappa shape index (κ2) is 7.10. The molecule has 4 heteroatoms. The molecule has 1 aliphatic carbocycles. The van der Waals surface area contributed by atoms with Gasteiger partial charge in [-0.2, -0.15) is 0 Å². The normalized spacial score (nSPS) is 32.4. The Hall–Kier alpha value is -0.610. The Bertz CT molecular complexity index is 257. The van der Waals surface area contributed by atoms with Crippen molar-refractivity contribution >= 4 is 5.91 Å². The van der Waals surface area contributed by atoms with Crippen LogP contribution in [0.4, 0.5) is 0 Å². The van der Waals surface area contributed by atoms with Gasteiger partial charge in [-0.15, -0.1) is 0 Å². The maximum atomic E-state index is 11.7. The standard InChI is InChI=1S/C14H26N2O2/c17-13-4-1-11(2-5-13)10-16-14(18)6-3-12-7-8-15-9-12/h11-13,15,17H,1-10H2,(H,16,18). The molecule has 3 N–H and O–H groups in total. The summed E-state index contributed by atoms with van der Waals surface area (Å²) in [5.41, 5.74) is 0. The molecule has 1 heterocycles. The van der Waals surface area contributed by atoms with Crippen LogP contribution in [0.3, 0.4) is 0 Å². The summed E-state index contributed by atoms with van der Waals surface area (Å²) in [6.45, 7) is 2.99. The van der Waals surface area contributed by atoms with E-state index in [2.05, 4.69) is 10.6 Å². The van der Waals surface area contributed by atoms with Crippen LogP contribution in [0.1, 0.15) is 44.9 Å². The molecule has 0 aromatic heterocycles. The highest BCUT2D eigenvalue weighted by Crippen LogP contribution is 2.23. The zero-order chi connectivity index (χ0) is 12.8. The third-order valence-corrected chi connectivity index (χ3v) is 4.35. The van der Waals surface area contributed by atoms with Gasteiger partial charge in [-0.3, -0.25) is 4.79 Å². The molecule has 1 saturated carbocycles. The molecule has 2 rings (SSSR count). The van der Waals surface area contributed by atoms with Crippen molar-refractivity contribution < 1.29 is 9.90 Å². The minimum absolute atomic E-state index is 0.105. The van der Waals surface area contributed by atoms with Crippen molar-refractivity contribution in [3.8, 4) is 0 Å². The zero-order valence-electron chi connectivity index (χ0n) is 11.2. The fraction of sp³-hybridized carbons (Fsp3) is 0.929. The van der Waals surface area contributed by atoms with E-state index in [1.165, 1.54) is 6.42 Å². The van der Waals surface area contributed by atoms with Crippen LogP contribution in [0.2, 0.25) is 0 Å². The van der Waals surface area contributed by atoms with Crippen LogP contribution in [0.25, 0.3) is 0 Å². The summed E-state index contributed by atoms with van der Waals surface area (Å²) in [5.74, 6) is 1.47. The third kappa shape index (κ3) is 4.58. The molecular weight excluding hydrogens is 228 g/mol. The number of hydrogen-bond acceptors (Lipinski definition) is 3. The summed E-state index contributed by atoms with van der Waals surface area (Å²) in [5, 5.41) is 15.8. The second-order valence-electron chi connectivity index (χ2n) is 5.88. The molecule has 0 spiro atoms. The van der Waals surface area contributed by atoms with Crippen LogP contribution in [-0.4, -0.2) is 36.8 Å². The van der Waals surface area contributed by atoms with E-state index in [1.54, 1.807) is 0 Å². The molecule has 1 atom stereocenters. The molecule has 0 radical (unpaired) electrons. The summed E-state index contributed by atoms with van der Waals surface area (Å²) >= 11 is 0. The maximum Gasteiger partial charge on any atom is 0.220 e. The van der Waals surface area contributed by atoms with Gasteiger partial charge in [0.05, 0.1) is 6.10 Å². The van der Waals surface area contributed by atoms with Gasteiger partial charge in [-0.25, -0.2) is 0 Å². The molecule has 0 bridgehead atoms. The van der Waals surface area contributed by atoms with Crippen molar-refractivity contribution in [2.45, 2.75) is 51.0 Å². The van der Waals surface area contributed by atoms with E-state index in [1.807, 2.05) is 0 Å². The van der Waals surface area contributed by atoms with Crippen molar-refractivity contribution in [2.24, 2.45) is 11.8 Å². The van der Waals surface area contributed by atoms with E-state index in [4.69, 9.17) is 0 Å². The molecular formula is C14H26N2O2. The molecule has 0 aromatic carbocycles. The Balaban J connectivity index is 1.54. The van der Waals surface area contributed by atoms with Crippen LogP contribution in [0.5, 0.6) is 0 Å². The van der Waals surface area contributed by atoms with Gasteiger partial charge in [0.15, 0.2) is 0 Å². The average molecular weight is 254 g/mol. The molecule has 104 valence electrons. The fourth-order valence-electron chi connectivity index (χ4n) is 2.99. The molecule has 18 heavy (non-hydrogen) atoms. The third-order valence-electron chi connectivity index (χ3n) is 4.35. The van der Waals surface area contributed by atoms with Crippen molar-refractivity contribution in [1.29, 1.82) is 0 Å². The quantitative estimate of drug-likeness (QED) is 0.687. The van der Waals surface area contributed by atoms with Crippen LogP contribution in [0.15, 0.2) is 0 Å². The Kier molecular flexibility index (Phi) is 5.45. The van der Waals surface area contributed by atoms with Crippen molar-refractivity contribution in [3.05, 3.63) is 0 Å². The van der Waals surface area contributed by atoms with Crippen LogP contribution in [0, 0.1) is 11.8 Å². The van der Waals surface area contributed by atoms with E-state index in [0.717, 1.165) is 51.7 Å². The van der Waals surface area contributed by atoms with Gasteiger partial charge in [0.1, 0.15) is 0 Å². The first-order valence-electron chi connectivity index (χ1n) is 7.39. The van der Waals surface area contributed by atoms with Gasteiger partial charge in [0, 0.05) is 13.0 Å². The number of amides is 1. The number of aliphatic hydroxyl groups is 1. The minimum atomic E-state index is -0.105. The molecule has 4 nitrogen and oxygen atoms in total. The van der Waals surface area contributed by atoms with E-state index in [-0.39, 0.29) is 12.0 Å². The van der Waals surface area contributed by atoms with Crippen LogP contribution in [-0.2, 0) is 4.79 Å². The lowest BCUT2D eigenvalue weighted by atomic mass is 9.87. The predicted molar refractivity (Wildman–Crippen MR) is 71.2 cm³/mol. The van der Waals surface area contributed by atoms with E-state index in [9.17, 15) is 9.90 Å². The summed E-state index contributed by atoms with van der Waals surface area (Å²) in [6.07, 6.45) is 6.69. The smallest absolute Gasteiger partial charge is 0.220 e. The number of hydrogen-bond donors (Lipinski definition) is 3. The van der Waals surface area contributed by atoms with Gasteiger partial charge in [0.25, 0.3) is 0 Å². The summed E-state index contributed by atoms with van der Waals surface area (Å²) in [6, 6.07) is 0. The largest absolute Gasteiger partial charge is 0.393 e. The fourth-order valence-corrected chi connectivity index (χ4v) is 2.99. The maximum absolute atomic E-state index is 11.7. The zero-order valence-corrected chi connectivity index (χ0v) is 11.2. The highest BCUT2D eigenvalue weighted by atomic mass is 16.3. The number of aliphatic hydroxyl groups excluding tert-OH is 1. The van der Waals surface area contributed by atoms with E-state index < -0.39 is 0 Å². The van der Waals surface area contributed by atoms with Gasteiger partial charge in [0.2, 0.25) is 5.91 Å². The molecule has 2 aliphatic rings. The van der Waals surface area contributed by atoms with Crippen LogP contribution < -0.4 is 10.6 Å². The Morgan fingerprint density at radius 2 is 1.94 bits per heavy atom. The van der Waals surface area contributed by atoms with Crippen molar-refractivity contribution in [3.63, 3.8) is 0 Å². The monoisotopic (exact) mass is 254 g/mol. The van der Waals surface area contributed by atoms with Crippen LogP contribution >= 0.6 is 0 Å². The predicted octanol–water partition coefficient (Wildman–Crippen LogP) is 1.04. The van der Waals surface area contributed by atoms with Crippen molar-refractivity contribution in [2.75, 3.05) is 19.6 Å². The summed E-state index contributed by atoms with van der Waals surface area (Å²) in [7, 11) is 0. The Morgan fingerprint density at radius 1 is 1.17 bits per heavy atom. The average Bonchev–Trinajstić information content (AvgIpc) is 2.89. The minimum Gasteiger partial charge on any atom is -0.393 e. The highest BCUT2D eigenvalue weighted by molar-refractivity contribution is 5.75. The molecule has 0 aromatic rings. The number of carbonyl (C=O) groups is 1. The molecule has 2 fully saturated rings. The lowest BCUT2D eigenvalue weighted by molar-refractivity contribution is -0.121. The lowest BCUT2D eigenvalue weighted by Crippen LogP contribution is -2.32. The highest BCUT2D eigenvalue weighted by Gasteiger charge is 2.20. The topological polar surface area (TPSA) is 61.4 Å². The number of nitrogens with one attached hydrogen (secondary N) is 2. The SMILES string of the molecule is O=C(CCC1CCNC1)NCC1CCC(O)CC1. The molecule has 1 saturated heterocycles. The second-order valence-corrected chi connectivity index (χ2v) is 5.88. The first kappa shape index (κ1) is 13.8. The summed E-state index contributed by atoms with van der Waals surface area (Å²) < 4.78 is 0. The van der Waals surface area contributed by atoms with E-state index in [0.29, 0.717) is 18.3 Å². The van der Waals surface area contributed by atoms with E-state index >= 15 is 0 Å². The van der Waals surface area contributed by atoms with Gasteiger partial charge < -0.3 is 15.7 Å². The van der Waals surface area contributed by atoms with Gasteiger partial charge >= 0.3 is 0 Å². The number of carbonyl (C=O) groups excluding carboxylic acids is 1. The molecule has 1 amide bonds. The Labute approximate surface area is 110 Å². The summed E-state index contributed by atoms with van der Waals surface area (Å²) in [4.78, 5) is 11.7. The van der Waals surface area contributed by atoms with Gasteiger partial charge in [-0.05, 0) is 63.5 Å². The first-order chi connectivity index (χ1) is 8.74. The van der Waals surface area contributed by atoms with Gasteiger partial charge in [-0.1, -0.05) is 0 Å². The first-order valence-corrected chi connectivity index (χ1v) is 7.39. The molecule has 1 aliphatic heterocycles. The Morgan fingerprint density at radius 3 is 2.61 bits per heavy atom. The molecule has 1 unspecified atom stereocenters. The van der Waals surface area contributed by atoms with Crippen molar-refractivity contribution in [1.82, 2.24) is 10.6 Å².